The van der Waals surface area contributed by atoms with Crippen molar-refractivity contribution in [2.45, 2.75) is 39.2 Å². The molecule has 1 aliphatic rings. The Labute approximate surface area is 183 Å². The molecule has 6 nitrogen and oxygen atoms in total. The number of hydrazine groups is 1. The minimum absolute atomic E-state index is 0.0318. The zero-order valence-corrected chi connectivity index (χ0v) is 18.2. The van der Waals surface area contributed by atoms with Crippen LogP contribution in [0.1, 0.15) is 43.7 Å². The first-order chi connectivity index (χ1) is 14.5. The lowest BCUT2D eigenvalue weighted by molar-refractivity contribution is -0.126. The summed E-state index contributed by atoms with van der Waals surface area (Å²) in [6, 6.07) is 17.8. The largest absolute Gasteiger partial charge is 0.357 e. The summed E-state index contributed by atoms with van der Waals surface area (Å²) >= 11 is 5.21. The van der Waals surface area contributed by atoms with Crippen LogP contribution in [0, 0.1) is 5.92 Å². The van der Waals surface area contributed by atoms with Gasteiger partial charge in [-0.15, -0.1) is 0 Å². The third-order valence-electron chi connectivity index (χ3n) is 5.46. The topological polar surface area (TPSA) is 73.5 Å². The van der Waals surface area contributed by atoms with E-state index in [9.17, 15) is 9.59 Å². The number of hydrogen-bond acceptors (Lipinski definition) is 3. The van der Waals surface area contributed by atoms with Crippen molar-refractivity contribution >= 4 is 34.8 Å². The summed E-state index contributed by atoms with van der Waals surface area (Å²) in [6.07, 6.45) is 1.17. The highest BCUT2D eigenvalue weighted by Crippen LogP contribution is 2.33. The van der Waals surface area contributed by atoms with Crippen LogP contribution in [-0.4, -0.2) is 23.5 Å². The molecule has 30 heavy (non-hydrogen) atoms. The van der Waals surface area contributed by atoms with Crippen molar-refractivity contribution in [2.24, 2.45) is 5.92 Å². The number of benzene rings is 2. The van der Waals surface area contributed by atoms with E-state index in [1.165, 1.54) is 0 Å². The van der Waals surface area contributed by atoms with Gasteiger partial charge in [-0.25, -0.2) is 0 Å². The van der Waals surface area contributed by atoms with Gasteiger partial charge in [-0.1, -0.05) is 62.4 Å². The standard InChI is InChI=1S/C23H28N4O2S/c1-3-16(2)19-11-7-8-12-20(19)27-15-18(13-21(27)28)22(29)25-26-23(30)24-14-17-9-5-4-6-10-17/h4-12,16,18H,3,13-15H2,1-2H3,(H,25,29)(H2,24,26,30). The molecule has 7 heteroatoms. The van der Waals surface area contributed by atoms with Gasteiger partial charge in [-0.2, -0.15) is 0 Å². The van der Waals surface area contributed by atoms with Gasteiger partial charge >= 0.3 is 0 Å². The number of hydrogen-bond donors (Lipinski definition) is 3. The fourth-order valence-corrected chi connectivity index (χ4v) is 3.65. The number of anilines is 1. The summed E-state index contributed by atoms with van der Waals surface area (Å²) in [4.78, 5) is 27.0. The van der Waals surface area contributed by atoms with Gasteiger partial charge in [-0.3, -0.25) is 20.4 Å². The number of amides is 2. The maximum atomic E-state index is 12.6. The highest BCUT2D eigenvalue weighted by molar-refractivity contribution is 7.80. The molecule has 0 saturated carbocycles. The first-order valence-electron chi connectivity index (χ1n) is 10.3. The fourth-order valence-electron chi connectivity index (χ4n) is 3.53. The number of nitrogens with zero attached hydrogens (tertiary/aromatic N) is 1. The minimum atomic E-state index is -0.424. The molecule has 0 aromatic heterocycles. The van der Waals surface area contributed by atoms with Gasteiger partial charge in [0.2, 0.25) is 11.8 Å². The second-order valence-corrected chi connectivity index (χ2v) is 7.96. The number of thiocarbonyl (C=S) groups is 1. The van der Waals surface area contributed by atoms with E-state index in [1.807, 2.05) is 48.5 Å². The molecule has 1 aliphatic heterocycles. The molecular weight excluding hydrogens is 396 g/mol. The van der Waals surface area contributed by atoms with Crippen molar-refractivity contribution in [1.29, 1.82) is 0 Å². The SMILES string of the molecule is CCC(C)c1ccccc1N1CC(C(=O)NNC(=S)NCc2ccccc2)CC1=O. The normalized spacial score (nSPS) is 16.8. The highest BCUT2D eigenvalue weighted by Gasteiger charge is 2.36. The molecule has 2 amide bonds. The number of para-hydroxylation sites is 1. The Balaban J connectivity index is 1.53. The third kappa shape index (κ3) is 5.36. The molecule has 0 bridgehead atoms. The summed E-state index contributed by atoms with van der Waals surface area (Å²) in [5.41, 5.74) is 8.49. The summed E-state index contributed by atoms with van der Waals surface area (Å²) in [7, 11) is 0. The molecule has 1 heterocycles. The van der Waals surface area contributed by atoms with E-state index in [2.05, 4.69) is 36.1 Å². The van der Waals surface area contributed by atoms with Gasteiger partial charge in [0.15, 0.2) is 5.11 Å². The maximum Gasteiger partial charge on any atom is 0.243 e. The van der Waals surface area contributed by atoms with Gasteiger partial charge < -0.3 is 10.2 Å². The number of carbonyl (C=O) groups excluding carboxylic acids is 2. The van der Waals surface area contributed by atoms with Crippen molar-refractivity contribution in [3.8, 4) is 0 Å². The lowest BCUT2D eigenvalue weighted by atomic mass is 9.96. The molecule has 0 aliphatic carbocycles. The lowest BCUT2D eigenvalue weighted by Gasteiger charge is -2.23. The predicted molar refractivity (Wildman–Crippen MR) is 123 cm³/mol. The van der Waals surface area contributed by atoms with E-state index in [4.69, 9.17) is 12.2 Å². The van der Waals surface area contributed by atoms with E-state index in [1.54, 1.807) is 4.90 Å². The van der Waals surface area contributed by atoms with Crippen LogP contribution in [0.25, 0.3) is 0 Å². The van der Waals surface area contributed by atoms with Gasteiger partial charge in [-0.05, 0) is 41.7 Å². The molecule has 0 radical (unpaired) electrons. The molecule has 2 unspecified atom stereocenters. The zero-order valence-electron chi connectivity index (χ0n) is 17.4. The van der Waals surface area contributed by atoms with Gasteiger partial charge in [0, 0.05) is 25.2 Å². The Bertz CT molecular complexity index is 903. The van der Waals surface area contributed by atoms with Crippen molar-refractivity contribution in [3.63, 3.8) is 0 Å². The Kier molecular flexibility index (Phi) is 7.41. The molecule has 1 saturated heterocycles. The van der Waals surface area contributed by atoms with Crippen molar-refractivity contribution in [1.82, 2.24) is 16.2 Å². The second-order valence-electron chi connectivity index (χ2n) is 7.56. The average Bonchev–Trinajstić information content (AvgIpc) is 3.17. The van der Waals surface area contributed by atoms with E-state index in [0.29, 0.717) is 24.1 Å². The molecule has 1 fully saturated rings. The van der Waals surface area contributed by atoms with E-state index < -0.39 is 5.92 Å². The maximum absolute atomic E-state index is 12.6. The summed E-state index contributed by atoms with van der Waals surface area (Å²) in [5, 5.41) is 3.37. The summed E-state index contributed by atoms with van der Waals surface area (Å²) in [6.45, 7) is 5.20. The Morgan fingerprint density at radius 1 is 1.13 bits per heavy atom. The van der Waals surface area contributed by atoms with Crippen LogP contribution in [0.5, 0.6) is 0 Å². The van der Waals surface area contributed by atoms with Crippen molar-refractivity contribution in [2.75, 3.05) is 11.4 Å². The monoisotopic (exact) mass is 424 g/mol. The lowest BCUT2D eigenvalue weighted by Crippen LogP contribution is -2.48. The van der Waals surface area contributed by atoms with Crippen LogP contribution < -0.4 is 21.1 Å². The Morgan fingerprint density at radius 3 is 2.57 bits per heavy atom. The van der Waals surface area contributed by atoms with Crippen LogP contribution >= 0.6 is 12.2 Å². The van der Waals surface area contributed by atoms with Crippen molar-refractivity contribution < 1.29 is 9.59 Å². The minimum Gasteiger partial charge on any atom is -0.357 e. The summed E-state index contributed by atoms with van der Waals surface area (Å²) in [5.74, 6) is -0.352. The Hall–Kier alpha value is -2.93. The smallest absolute Gasteiger partial charge is 0.243 e. The van der Waals surface area contributed by atoms with Crippen LogP contribution in [0.2, 0.25) is 0 Å². The van der Waals surface area contributed by atoms with Crippen LogP contribution in [0.3, 0.4) is 0 Å². The van der Waals surface area contributed by atoms with E-state index in [-0.39, 0.29) is 18.2 Å². The molecule has 3 rings (SSSR count). The quantitative estimate of drug-likeness (QED) is 0.490. The molecule has 158 valence electrons. The number of carbonyl (C=O) groups is 2. The second kappa shape index (κ2) is 10.2. The Morgan fingerprint density at radius 2 is 1.83 bits per heavy atom. The van der Waals surface area contributed by atoms with Crippen molar-refractivity contribution in [3.05, 3.63) is 65.7 Å². The third-order valence-corrected chi connectivity index (χ3v) is 5.71. The first kappa shape index (κ1) is 21.8. The van der Waals surface area contributed by atoms with Crippen LogP contribution in [-0.2, 0) is 16.1 Å². The highest BCUT2D eigenvalue weighted by atomic mass is 32.1. The molecule has 2 aromatic carbocycles. The average molecular weight is 425 g/mol. The number of nitrogens with one attached hydrogen (secondary N) is 3. The number of rotatable bonds is 6. The van der Waals surface area contributed by atoms with E-state index >= 15 is 0 Å². The van der Waals surface area contributed by atoms with Gasteiger partial charge in [0.25, 0.3) is 0 Å². The molecule has 0 spiro atoms. The molecule has 2 atom stereocenters. The van der Waals surface area contributed by atoms with Crippen LogP contribution in [0.15, 0.2) is 54.6 Å². The first-order valence-corrected chi connectivity index (χ1v) is 10.7. The van der Waals surface area contributed by atoms with Gasteiger partial charge in [0.05, 0.1) is 5.92 Å². The van der Waals surface area contributed by atoms with Crippen LogP contribution in [0.4, 0.5) is 5.69 Å². The summed E-state index contributed by atoms with van der Waals surface area (Å²) < 4.78 is 0. The van der Waals surface area contributed by atoms with Gasteiger partial charge in [0.1, 0.15) is 0 Å². The molecule has 3 N–H and O–H groups in total. The predicted octanol–water partition coefficient (Wildman–Crippen LogP) is 3.25. The fraction of sp³-hybridized carbons (Fsp3) is 0.348. The molecular formula is C23H28N4O2S. The van der Waals surface area contributed by atoms with E-state index in [0.717, 1.165) is 23.2 Å². The molecule has 2 aromatic rings. The zero-order chi connectivity index (χ0) is 21.5.